The highest BCUT2D eigenvalue weighted by molar-refractivity contribution is 5.60. The summed E-state index contributed by atoms with van der Waals surface area (Å²) in [7, 11) is 0. The molecule has 4 rings (SSSR count). The zero-order valence-corrected chi connectivity index (χ0v) is 14.1. The Balaban J connectivity index is 1.92. The molecule has 1 aliphatic carbocycles. The summed E-state index contributed by atoms with van der Waals surface area (Å²) >= 11 is 0. The number of hydrogen-bond acceptors (Lipinski definition) is 3. The molecule has 2 N–H and O–H groups in total. The van der Waals surface area contributed by atoms with Crippen molar-refractivity contribution in [1.82, 2.24) is 10.2 Å². The third kappa shape index (κ3) is 2.89. The maximum atomic E-state index is 13.2. The van der Waals surface area contributed by atoms with E-state index >= 15 is 0 Å². The monoisotopic (exact) mass is 332 g/mol. The minimum Gasteiger partial charge on any atom is -0.390 e. The second kappa shape index (κ2) is 5.97. The van der Waals surface area contributed by atoms with Crippen LogP contribution < -0.4 is 5.43 Å². The molecule has 4 heteroatoms. The van der Waals surface area contributed by atoms with Crippen molar-refractivity contribution in [3.05, 3.63) is 87.7 Å². The number of hydrogen-bond donors (Lipinski definition) is 2. The first-order valence-corrected chi connectivity index (χ1v) is 8.49. The predicted octanol–water partition coefficient (Wildman–Crippen LogP) is 3.27. The summed E-state index contributed by atoms with van der Waals surface area (Å²) in [6.45, 7) is 1.81. The van der Waals surface area contributed by atoms with Crippen LogP contribution in [0, 0.1) is 0 Å². The molecule has 2 unspecified atom stereocenters. The SMILES string of the molecule is CC1(O)Cc2[nH]nc(-c3ccccc3)c(=O)c2C(c2ccccc2)C1. The summed E-state index contributed by atoms with van der Waals surface area (Å²) in [4.78, 5) is 13.2. The Morgan fingerprint density at radius 1 is 1.08 bits per heavy atom. The molecule has 0 saturated heterocycles. The van der Waals surface area contributed by atoms with Crippen LogP contribution in [0.1, 0.15) is 36.1 Å². The van der Waals surface area contributed by atoms with Crippen LogP contribution in [0.3, 0.4) is 0 Å². The second-order valence-corrected chi connectivity index (χ2v) is 7.00. The molecule has 0 aliphatic heterocycles. The highest BCUT2D eigenvalue weighted by Gasteiger charge is 2.37. The van der Waals surface area contributed by atoms with Crippen LogP contribution in [-0.2, 0) is 6.42 Å². The Hall–Kier alpha value is -2.72. The molecule has 0 radical (unpaired) electrons. The topological polar surface area (TPSA) is 66.0 Å². The first kappa shape index (κ1) is 15.8. The van der Waals surface area contributed by atoms with E-state index in [9.17, 15) is 9.90 Å². The number of rotatable bonds is 2. The molecule has 1 aromatic heterocycles. The lowest BCUT2D eigenvalue weighted by molar-refractivity contribution is 0.0387. The summed E-state index contributed by atoms with van der Waals surface area (Å²) in [6.07, 6.45) is 0.925. The molecule has 0 saturated carbocycles. The molecule has 0 bridgehead atoms. The van der Waals surface area contributed by atoms with Gasteiger partial charge in [-0.2, -0.15) is 5.10 Å². The van der Waals surface area contributed by atoms with E-state index in [-0.39, 0.29) is 11.3 Å². The lowest BCUT2D eigenvalue weighted by Crippen LogP contribution is -2.39. The Kier molecular flexibility index (Phi) is 3.77. The zero-order chi connectivity index (χ0) is 17.4. The molecule has 4 nitrogen and oxygen atoms in total. The van der Waals surface area contributed by atoms with E-state index in [0.717, 1.165) is 22.4 Å². The molecule has 2 atom stereocenters. The van der Waals surface area contributed by atoms with Crippen LogP contribution in [-0.4, -0.2) is 20.9 Å². The summed E-state index contributed by atoms with van der Waals surface area (Å²) in [5.74, 6) is -0.144. The Morgan fingerprint density at radius 2 is 1.72 bits per heavy atom. The van der Waals surface area contributed by atoms with Gasteiger partial charge in [0.25, 0.3) is 0 Å². The van der Waals surface area contributed by atoms with E-state index in [1.54, 1.807) is 0 Å². The molecule has 0 amide bonds. The number of aromatic amines is 1. The lowest BCUT2D eigenvalue weighted by Gasteiger charge is -2.35. The molecule has 0 fully saturated rings. The normalized spacial score (nSPS) is 22.4. The number of fused-ring (bicyclic) bond motifs is 1. The number of nitrogens with zero attached hydrogens (tertiary/aromatic N) is 1. The van der Waals surface area contributed by atoms with Crippen molar-refractivity contribution in [1.29, 1.82) is 0 Å². The Bertz CT molecular complexity index is 947. The number of benzene rings is 2. The van der Waals surface area contributed by atoms with Gasteiger partial charge in [0.05, 0.1) is 5.60 Å². The predicted molar refractivity (Wildman–Crippen MR) is 97.5 cm³/mol. The van der Waals surface area contributed by atoms with Gasteiger partial charge in [0.2, 0.25) is 5.43 Å². The molecule has 126 valence electrons. The van der Waals surface area contributed by atoms with E-state index < -0.39 is 5.60 Å². The van der Waals surface area contributed by atoms with Crippen LogP contribution in [0.2, 0.25) is 0 Å². The molecular weight excluding hydrogens is 312 g/mol. The van der Waals surface area contributed by atoms with E-state index in [2.05, 4.69) is 10.2 Å². The van der Waals surface area contributed by atoms with Gasteiger partial charge in [-0.15, -0.1) is 0 Å². The van der Waals surface area contributed by atoms with Crippen LogP contribution in [0.4, 0.5) is 0 Å². The number of aliphatic hydroxyl groups is 1. The fourth-order valence-corrected chi connectivity index (χ4v) is 3.76. The minimum atomic E-state index is -0.869. The van der Waals surface area contributed by atoms with Crippen molar-refractivity contribution in [2.24, 2.45) is 0 Å². The summed E-state index contributed by atoms with van der Waals surface area (Å²) in [5.41, 5.74) is 2.81. The van der Waals surface area contributed by atoms with Crippen molar-refractivity contribution in [2.45, 2.75) is 31.3 Å². The van der Waals surface area contributed by atoms with Gasteiger partial charge >= 0.3 is 0 Å². The third-order valence-corrected chi connectivity index (χ3v) is 4.89. The van der Waals surface area contributed by atoms with Crippen molar-refractivity contribution >= 4 is 0 Å². The van der Waals surface area contributed by atoms with Crippen molar-refractivity contribution in [2.75, 3.05) is 0 Å². The molecule has 0 spiro atoms. The zero-order valence-electron chi connectivity index (χ0n) is 14.1. The van der Waals surface area contributed by atoms with Crippen molar-refractivity contribution < 1.29 is 5.11 Å². The van der Waals surface area contributed by atoms with E-state index in [1.807, 2.05) is 67.6 Å². The maximum absolute atomic E-state index is 13.2. The molecule has 1 aliphatic rings. The average Bonchev–Trinajstić information content (AvgIpc) is 2.62. The van der Waals surface area contributed by atoms with E-state index in [4.69, 9.17) is 0 Å². The minimum absolute atomic E-state index is 0.0516. The smallest absolute Gasteiger partial charge is 0.212 e. The molecule has 2 aromatic carbocycles. The van der Waals surface area contributed by atoms with E-state index in [1.165, 1.54) is 0 Å². The fourth-order valence-electron chi connectivity index (χ4n) is 3.76. The van der Waals surface area contributed by atoms with Gasteiger partial charge in [-0.05, 0) is 18.9 Å². The van der Waals surface area contributed by atoms with Gasteiger partial charge in [0.1, 0.15) is 5.69 Å². The molecule has 1 heterocycles. The molecular formula is C21H20N2O2. The maximum Gasteiger partial charge on any atom is 0.212 e. The fraction of sp³-hybridized carbons (Fsp3) is 0.238. The first-order valence-electron chi connectivity index (χ1n) is 8.49. The number of aromatic nitrogens is 2. The molecule has 25 heavy (non-hydrogen) atoms. The Morgan fingerprint density at radius 3 is 2.40 bits per heavy atom. The van der Waals surface area contributed by atoms with Gasteiger partial charge in [-0.3, -0.25) is 9.89 Å². The van der Waals surface area contributed by atoms with Crippen LogP contribution in [0.15, 0.2) is 65.5 Å². The quantitative estimate of drug-likeness (QED) is 0.757. The average molecular weight is 332 g/mol. The summed E-state index contributed by atoms with van der Waals surface area (Å²) in [6, 6.07) is 19.4. The van der Waals surface area contributed by atoms with Gasteiger partial charge in [0.15, 0.2) is 0 Å². The van der Waals surface area contributed by atoms with Crippen LogP contribution in [0.5, 0.6) is 0 Å². The van der Waals surface area contributed by atoms with Gasteiger partial charge in [0, 0.05) is 29.2 Å². The lowest BCUT2D eigenvalue weighted by atomic mass is 9.74. The number of nitrogens with one attached hydrogen (secondary N) is 1. The van der Waals surface area contributed by atoms with Crippen molar-refractivity contribution in [3.63, 3.8) is 0 Å². The second-order valence-electron chi connectivity index (χ2n) is 7.00. The summed E-state index contributed by atoms with van der Waals surface area (Å²) in [5, 5.41) is 18.0. The third-order valence-electron chi connectivity index (χ3n) is 4.89. The van der Waals surface area contributed by atoms with Crippen molar-refractivity contribution in [3.8, 4) is 11.3 Å². The molecule has 3 aromatic rings. The van der Waals surface area contributed by atoms with E-state index in [0.29, 0.717) is 18.5 Å². The van der Waals surface area contributed by atoms with Gasteiger partial charge in [-0.25, -0.2) is 0 Å². The number of H-pyrrole nitrogens is 1. The largest absolute Gasteiger partial charge is 0.390 e. The first-order chi connectivity index (χ1) is 12.1. The highest BCUT2D eigenvalue weighted by atomic mass is 16.3. The van der Waals surface area contributed by atoms with Gasteiger partial charge in [-0.1, -0.05) is 60.7 Å². The van der Waals surface area contributed by atoms with Crippen LogP contribution in [0.25, 0.3) is 11.3 Å². The summed E-state index contributed by atoms with van der Waals surface area (Å²) < 4.78 is 0. The van der Waals surface area contributed by atoms with Gasteiger partial charge < -0.3 is 5.11 Å². The Labute approximate surface area is 146 Å². The van der Waals surface area contributed by atoms with Crippen LogP contribution >= 0.6 is 0 Å². The highest BCUT2D eigenvalue weighted by Crippen LogP contribution is 2.39. The standard InChI is InChI=1S/C21H20N2O2/c1-21(25)12-16(14-8-4-2-5-9-14)18-17(13-21)22-23-19(20(18)24)15-10-6-3-7-11-15/h2-11,16,25H,12-13H2,1H3,(H,22,24).